The lowest BCUT2D eigenvalue weighted by Gasteiger charge is -2.30. The summed E-state index contributed by atoms with van der Waals surface area (Å²) in [5, 5.41) is 1.37. The highest BCUT2D eigenvalue weighted by atomic mass is 16.5. The van der Waals surface area contributed by atoms with Gasteiger partial charge in [0.05, 0.1) is 24.2 Å². The highest BCUT2D eigenvalue weighted by Crippen LogP contribution is 2.23. The number of aromatic amines is 1. The predicted octanol–water partition coefficient (Wildman–Crippen LogP) is 3.63. The zero-order chi connectivity index (χ0) is 21.0. The van der Waals surface area contributed by atoms with Gasteiger partial charge in [-0.3, -0.25) is 4.79 Å². The van der Waals surface area contributed by atoms with Crippen LogP contribution in [0.5, 0.6) is 11.5 Å². The van der Waals surface area contributed by atoms with Gasteiger partial charge in [0.1, 0.15) is 11.5 Å². The van der Waals surface area contributed by atoms with Gasteiger partial charge >= 0.3 is 0 Å². The maximum Gasteiger partial charge on any atom is 0.197 e. The lowest BCUT2D eigenvalue weighted by atomic mass is 10.1. The Labute approximate surface area is 182 Å². The fourth-order valence-electron chi connectivity index (χ4n) is 4.29. The van der Waals surface area contributed by atoms with Crippen molar-refractivity contribution >= 4 is 21.8 Å². The Morgan fingerprint density at radius 3 is 1.65 bits per heavy atom. The van der Waals surface area contributed by atoms with E-state index in [0.29, 0.717) is 24.0 Å². The third kappa shape index (κ3) is 4.70. The number of benzene rings is 2. The number of aromatic nitrogens is 1. The van der Waals surface area contributed by atoms with Gasteiger partial charge in [-0.2, -0.15) is 0 Å². The second-order valence-corrected chi connectivity index (χ2v) is 8.66. The molecule has 0 amide bonds. The number of nitrogens with zero attached hydrogens (tertiary/aromatic N) is 2. The normalized spacial score (nSPS) is 16.9. The summed E-state index contributed by atoms with van der Waals surface area (Å²) in [6, 6.07) is 11.4. The summed E-state index contributed by atoms with van der Waals surface area (Å²) in [6.07, 6.45) is 4.67. The van der Waals surface area contributed by atoms with E-state index in [2.05, 4.69) is 14.8 Å². The molecule has 6 heteroatoms. The topological polar surface area (TPSA) is 57.8 Å². The van der Waals surface area contributed by atoms with Crippen molar-refractivity contribution < 1.29 is 9.47 Å². The average molecular weight is 422 g/mol. The van der Waals surface area contributed by atoms with E-state index in [4.69, 9.17) is 9.47 Å². The summed E-state index contributed by atoms with van der Waals surface area (Å²) in [4.78, 5) is 21.2. The number of pyridine rings is 1. The van der Waals surface area contributed by atoms with Gasteiger partial charge in [-0.05, 0) is 76.1 Å². The van der Waals surface area contributed by atoms with E-state index in [1.165, 1.54) is 39.0 Å². The second-order valence-electron chi connectivity index (χ2n) is 8.66. The van der Waals surface area contributed by atoms with Gasteiger partial charge in [-0.1, -0.05) is 0 Å². The van der Waals surface area contributed by atoms with Gasteiger partial charge in [-0.15, -0.1) is 0 Å². The van der Waals surface area contributed by atoms with Gasteiger partial charge in [0, 0.05) is 36.0 Å². The molecule has 3 aromatic rings. The van der Waals surface area contributed by atoms with E-state index >= 15 is 0 Å². The summed E-state index contributed by atoms with van der Waals surface area (Å²) < 4.78 is 11.9. The number of hydrogen-bond acceptors (Lipinski definition) is 5. The molecule has 164 valence electrons. The number of H-pyrrole nitrogens is 1. The van der Waals surface area contributed by atoms with E-state index < -0.39 is 0 Å². The third-order valence-corrected chi connectivity index (χ3v) is 6.41. The molecule has 0 unspecified atom stereocenters. The minimum Gasteiger partial charge on any atom is -0.493 e. The quantitative estimate of drug-likeness (QED) is 0.400. The Bertz CT molecular complexity index is 1020. The van der Waals surface area contributed by atoms with E-state index in [9.17, 15) is 4.79 Å². The van der Waals surface area contributed by atoms with Crippen molar-refractivity contribution in [1.82, 2.24) is 14.8 Å². The van der Waals surface area contributed by atoms with Crippen molar-refractivity contribution in [3.8, 4) is 11.5 Å². The molecule has 6 nitrogen and oxygen atoms in total. The SMILES string of the molecule is O=c1c2ccc(OCCCN3CCC3)cc2[nH]c2cc(OCCCN3CCC3)ccc12. The van der Waals surface area contributed by atoms with Crippen LogP contribution in [0.4, 0.5) is 0 Å². The van der Waals surface area contributed by atoms with Crippen molar-refractivity contribution in [2.75, 3.05) is 52.5 Å². The molecule has 2 aliphatic heterocycles. The van der Waals surface area contributed by atoms with E-state index in [1.807, 2.05) is 36.4 Å². The van der Waals surface area contributed by atoms with Gasteiger partial charge in [0.15, 0.2) is 5.43 Å². The van der Waals surface area contributed by atoms with E-state index in [-0.39, 0.29) is 5.43 Å². The molecule has 0 bridgehead atoms. The maximum atomic E-state index is 12.9. The summed E-state index contributed by atoms with van der Waals surface area (Å²) in [6.45, 7) is 8.43. The van der Waals surface area contributed by atoms with Crippen LogP contribution < -0.4 is 14.9 Å². The van der Waals surface area contributed by atoms with Crippen LogP contribution in [0.1, 0.15) is 25.7 Å². The smallest absolute Gasteiger partial charge is 0.197 e. The molecule has 2 fully saturated rings. The van der Waals surface area contributed by atoms with Crippen molar-refractivity contribution in [1.29, 1.82) is 0 Å². The van der Waals surface area contributed by atoms with E-state index in [1.54, 1.807) is 0 Å². The fourth-order valence-corrected chi connectivity index (χ4v) is 4.29. The minimum absolute atomic E-state index is 0.0393. The number of nitrogens with one attached hydrogen (secondary N) is 1. The zero-order valence-corrected chi connectivity index (χ0v) is 18.1. The summed E-state index contributed by atoms with van der Waals surface area (Å²) in [7, 11) is 0. The van der Waals surface area contributed by atoms with Crippen LogP contribution in [0.25, 0.3) is 21.8 Å². The van der Waals surface area contributed by atoms with Crippen LogP contribution in [0.15, 0.2) is 41.2 Å². The second kappa shape index (κ2) is 9.28. The molecule has 0 atom stereocenters. The molecule has 0 aliphatic carbocycles. The lowest BCUT2D eigenvalue weighted by Crippen LogP contribution is -2.38. The molecule has 1 N–H and O–H groups in total. The highest BCUT2D eigenvalue weighted by Gasteiger charge is 2.13. The summed E-state index contributed by atoms with van der Waals surface area (Å²) in [5.41, 5.74) is 1.64. The zero-order valence-electron chi connectivity index (χ0n) is 18.1. The number of likely N-dealkylation sites (tertiary alicyclic amines) is 2. The van der Waals surface area contributed by atoms with Crippen molar-refractivity contribution in [2.45, 2.75) is 25.7 Å². The van der Waals surface area contributed by atoms with Crippen molar-refractivity contribution in [2.24, 2.45) is 0 Å². The van der Waals surface area contributed by atoms with Crippen molar-refractivity contribution in [3.63, 3.8) is 0 Å². The first-order valence-corrected chi connectivity index (χ1v) is 11.6. The van der Waals surface area contributed by atoms with Gasteiger partial charge in [-0.25, -0.2) is 0 Å². The molecule has 0 spiro atoms. The molecule has 2 aliphatic rings. The number of rotatable bonds is 10. The lowest BCUT2D eigenvalue weighted by molar-refractivity contribution is 0.165. The molecule has 3 heterocycles. The molecule has 31 heavy (non-hydrogen) atoms. The number of fused-ring (bicyclic) bond motifs is 2. The number of ether oxygens (including phenoxy) is 2. The Balaban J connectivity index is 1.26. The van der Waals surface area contributed by atoms with Gasteiger partial charge < -0.3 is 24.3 Å². The molecular weight excluding hydrogens is 390 g/mol. The standard InChI is InChI=1S/C25H31N3O3/c29-25-21-7-5-19(30-15-3-13-27-9-1-10-27)17-23(21)26-24-18-20(6-8-22(24)25)31-16-4-14-28-11-2-12-28/h5-8,17-18H,1-4,9-16H2,(H,26,29). The van der Waals surface area contributed by atoms with Crippen LogP contribution >= 0.6 is 0 Å². The Hall–Kier alpha value is -2.57. The first-order valence-electron chi connectivity index (χ1n) is 11.6. The summed E-state index contributed by atoms with van der Waals surface area (Å²) >= 11 is 0. The van der Waals surface area contributed by atoms with Crippen LogP contribution in [-0.2, 0) is 0 Å². The Morgan fingerprint density at radius 1 is 0.742 bits per heavy atom. The van der Waals surface area contributed by atoms with Gasteiger partial charge in [0.25, 0.3) is 0 Å². The number of hydrogen-bond donors (Lipinski definition) is 1. The molecule has 1 aromatic heterocycles. The average Bonchev–Trinajstić information content (AvgIpc) is 2.70. The van der Waals surface area contributed by atoms with E-state index in [0.717, 1.165) is 48.5 Å². The highest BCUT2D eigenvalue weighted by molar-refractivity contribution is 5.93. The van der Waals surface area contributed by atoms with Crippen LogP contribution in [0.3, 0.4) is 0 Å². The third-order valence-electron chi connectivity index (χ3n) is 6.41. The first-order chi connectivity index (χ1) is 15.3. The molecular formula is C25H31N3O3. The van der Waals surface area contributed by atoms with Crippen molar-refractivity contribution in [3.05, 3.63) is 46.6 Å². The molecule has 2 aromatic carbocycles. The monoisotopic (exact) mass is 421 g/mol. The minimum atomic E-state index is 0.0393. The largest absolute Gasteiger partial charge is 0.493 e. The van der Waals surface area contributed by atoms with Gasteiger partial charge in [0.2, 0.25) is 0 Å². The first kappa shape index (κ1) is 20.3. The Kier molecular flexibility index (Phi) is 6.09. The molecule has 2 saturated heterocycles. The van der Waals surface area contributed by atoms with Crippen LogP contribution in [0, 0.1) is 0 Å². The molecule has 0 saturated carbocycles. The molecule has 5 rings (SSSR count). The van der Waals surface area contributed by atoms with Crippen LogP contribution in [0.2, 0.25) is 0 Å². The maximum absolute atomic E-state index is 12.9. The van der Waals surface area contributed by atoms with Crippen LogP contribution in [-0.4, -0.2) is 67.3 Å². The predicted molar refractivity (Wildman–Crippen MR) is 124 cm³/mol. The Morgan fingerprint density at radius 2 is 1.23 bits per heavy atom. The fraction of sp³-hybridized carbons (Fsp3) is 0.480. The molecule has 0 radical (unpaired) electrons. The summed E-state index contributed by atoms with van der Waals surface area (Å²) in [5.74, 6) is 1.59.